The standard InChI is InChI=1S/C9H7Cl2NO3/c1-9(12(13)14)8(15-9)5-3-2-4-6(10)7(5)11/h2-4,8H,1H3/t8-,9+/m1/s1. The van der Waals surface area contributed by atoms with Gasteiger partial charge in [-0.1, -0.05) is 35.3 Å². The Labute approximate surface area is 95.9 Å². The molecule has 1 heterocycles. The van der Waals surface area contributed by atoms with Crippen molar-refractivity contribution in [2.45, 2.75) is 18.8 Å². The zero-order valence-electron chi connectivity index (χ0n) is 7.74. The minimum atomic E-state index is -1.37. The normalized spacial score (nSPS) is 28.9. The van der Waals surface area contributed by atoms with Gasteiger partial charge < -0.3 is 0 Å². The van der Waals surface area contributed by atoms with Crippen LogP contribution in [0.25, 0.3) is 0 Å². The van der Waals surface area contributed by atoms with Gasteiger partial charge in [-0.05, 0) is 6.07 Å². The number of rotatable bonds is 2. The van der Waals surface area contributed by atoms with Crippen molar-refractivity contribution in [3.8, 4) is 0 Å². The van der Waals surface area contributed by atoms with Crippen LogP contribution in [0.5, 0.6) is 0 Å². The summed E-state index contributed by atoms with van der Waals surface area (Å²) in [5.74, 6) is 0. The largest absolute Gasteiger partial charge is 0.353 e. The van der Waals surface area contributed by atoms with Crippen molar-refractivity contribution in [3.05, 3.63) is 43.9 Å². The van der Waals surface area contributed by atoms with Crippen molar-refractivity contribution in [2.24, 2.45) is 0 Å². The predicted molar refractivity (Wildman–Crippen MR) is 55.7 cm³/mol. The predicted octanol–water partition coefficient (Wildman–Crippen LogP) is 3.06. The second-order valence-electron chi connectivity index (χ2n) is 3.45. The fraction of sp³-hybridized carbons (Fsp3) is 0.333. The third kappa shape index (κ3) is 1.58. The zero-order valence-corrected chi connectivity index (χ0v) is 9.25. The summed E-state index contributed by atoms with van der Waals surface area (Å²) >= 11 is 11.7. The van der Waals surface area contributed by atoms with Gasteiger partial charge >= 0.3 is 5.72 Å². The highest BCUT2D eigenvalue weighted by molar-refractivity contribution is 6.42. The molecule has 0 amide bonds. The van der Waals surface area contributed by atoms with Gasteiger partial charge in [0.2, 0.25) is 0 Å². The highest BCUT2D eigenvalue weighted by Gasteiger charge is 2.66. The van der Waals surface area contributed by atoms with Crippen LogP contribution >= 0.6 is 23.2 Å². The number of hydrogen-bond donors (Lipinski definition) is 0. The monoisotopic (exact) mass is 247 g/mol. The van der Waals surface area contributed by atoms with Crippen LogP contribution < -0.4 is 0 Å². The van der Waals surface area contributed by atoms with Gasteiger partial charge in [0.1, 0.15) is 0 Å². The third-order valence-corrected chi connectivity index (χ3v) is 3.25. The lowest BCUT2D eigenvalue weighted by Crippen LogP contribution is -2.19. The molecule has 15 heavy (non-hydrogen) atoms. The lowest BCUT2D eigenvalue weighted by molar-refractivity contribution is -0.558. The van der Waals surface area contributed by atoms with Crippen molar-refractivity contribution in [3.63, 3.8) is 0 Å². The van der Waals surface area contributed by atoms with E-state index < -0.39 is 16.8 Å². The van der Waals surface area contributed by atoms with E-state index in [1.165, 1.54) is 6.92 Å². The van der Waals surface area contributed by atoms with Gasteiger partial charge in [0.15, 0.2) is 6.10 Å². The van der Waals surface area contributed by atoms with Crippen molar-refractivity contribution in [1.29, 1.82) is 0 Å². The van der Waals surface area contributed by atoms with E-state index in [0.29, 0.717) is 15.6 Å². The highest BCUT2D eigenvalue weighted by atomic mass is 35.5. The minimum Gasteiger partial charge on any atom is -0.294 e. The van der Waals surface area contributed by atoms with Crippen LogP contribution in [0.4, 0.5) is 0 Å². The number of nitrogens with zero attached hydrogens (tertiary/aromatic N) is 1. The molecule has 0 aliphatic carbocycles. The first-order valence-corrected chi connectivity index (χ1v) is 4.98. The molecule has 0 radical (unpaired) electrons. The Bertz CT molecular complexity index is 437. The van der Waals surface area contributed by atoms with Gasteiger partial charge in [-0.3, -0.25) is 14.9 Å². The molecule has 2 rings (SSSR count). The molecule has 6 heteroatoms. The lowest BCUT2D eigenvalue weighted by Gasteiger charge is -2.01. The summed E-state index contributed by atoms with van der Waals surface area (Å²) in [6.45, 7) is 1.41. The number of epoxide rings is 1. The Kier molecular flexibility index (Phi) is 2.37. The van der Waals surface area contributed by atoms with Gasteiger partial charge in [-0.15, -0.1) is 0 Å². The third-order valence-electron chi connectivity index (χ3n) is 2.41. The Balaban J connectivity index is 2.35. The molecule has 0 unspecified atom stereocenters. The van der Waals surface area contributed by atoms with Crippen LogP contribution in [0.15, 0.2) is 18.2 Å². The van der Waals surface area contributed by atoms with Crippen LogP contribution in [0, 0.1) is 10.1 Å². The van der Waals surface area contributed by atoms with Gasteiger partial charge in [0, 0.05) is 12.5 Å². The first kappa shape index (κ1) is 10.7. The van der Waals surface area contributed by atoms with Gasteiger partial charge in [-0.25, -0.2) is 0 Å². The summed E-state index contributed by atoms with van der Waals surface area (Å²) < 4.78 is 5.05. The molecule has 0 saturated carbocycles. The first-order valence-electron chi connectivity index (χ1n) is 4.23. The maximum atomic E-state index is 10.7. The minimum absolute atomic E-state index is 0.315. The van der Waals surface area contributed by atoms with E-state index in [0.717, 1.165) is 0 Å². The molecular formula is C9H7Cl2NO3. The number of nitro groups is 1. The average Bonchev–Trinajstić information content (AvgIpc) is 2.84. The highest BCUT2D eigenvalue weighted by Crippen LogP contribution is 2.52. The maximum absolute atomic E-state index is 10.7. The number of ether oxygens (including phenoxy) is 1. The molecule has 0 aromatic heterocycles. The van der Waals surface area contributed by atoms with Crippen molar-refractivity contribution >= 4 is 23.2 Å². The fourth-order valence-electron chi connectivity index (χ4n) is 1.42. The molecule has 1 aromatic carbocycles. The first-order chi connectivity index (χ1) is 6.97. The van der Waals surface area contributed by atoms with Crippen molar-refractivity contribution in [1.82, 2.24) is 0 Å². The average molecular weight is 248 g/mol. The summed E-state index contributed by atoms with van der Waals surface area (Å²) in [6.07, 6.45) is -0.612. The number of halogens is 2. The summed E-state index contributed by atoms with van der Waals surface area (Å²) in [5.41, 5.74) is -0.808. The molecule has 1 saturated heterocycles. The van der Waals surface area contributed by atoms with E-state index in [1.54, 1.807) is 18.2 Å². The van der Waals surface area contributed by atoms with Gasteiger partial charge in [0.05, 0.1) is 15.0 Å². The quantitative estimate of drug-likeness (QED) is 0.459. The second kappa shape index (κ2) is 3.33. The summed E-state index contributed by atoms with van der Waals surface area (Å²) in [4.78, 5) is 10.2. The van der Waals surface area contributed by atoms with Crippen molar-refractivity contribution in [2.75, 3.05) is 0 Å². The van der Waals surface area contributed by atoms with Crippen LogP contribution in [0.2, 0.25) is 10.0 Å². The molecule has 2 atom stereocenters. The Morgan fingerprint density at radius 1 is 1.53 bits per heavy atom. The molecule has 1 aromatic rings. The molecule has 80 valence electrons. The van der Waals surface area contributed by atoms with Crippen LogP contribution in [0.3, 0.4) is 0 Å². The van der Waals surface area contributed by atoms with E-state index in [9.17, 15) is 10.1 Å². The molecule has 1 aliphatic heterocycles. The molecule has 0 N–H and O–H groups in total. The fourth-order valence-corrected chi connectivity index (χ4v) is 1.83. The summed E-state index contributed by atoms with van der Waals surface area (Å²) in [6, 6.07) is 4.98. The van der Waals surface area contributed by atoms with Gasteiger partial charge in [-0.2, -0.15) is 0 Å². The SMILES string of the molecule is C[C@]1([N+](=O)[O-])O[C@@H]1c1cccc(Cl)c1Cl. The van der Waals surface area contributed by atoms with E-state index in [1.807, 2.05) is 0 Å². The van der Waals surface area contributed by atoms with E-state index in [-0.39, 0.29) is 0 Å². The number of hydrogen-bond acceptors (Lipinski definition) is 3. The van der Waals surface area contributed by atoms with Crippen LogP contribution in [-0.2, 0) is 4.74 Å². The Hall–Kier alpha value is -0.840. The van der Waals surface area contributed by atoms with E-state index >= 15 is 0 Å². The Morgan fingerprint density at radius 2 is 2.20 bits per heavy atom. The van der Waals surface area contributed by atoms with Gasteiger partial charge in [0.25, 0.3) is 0 Å². The molecule has 4 nitrogen and oxygen atoms in total. The molecular weight excluding hydrogens is 241 g/mol. The summed E-state index contributed by atoms with van der Waals surface area (Å²) in [5, 5.41) is 11.4. The van der Waals surface area contributed by atoms with E-state index in [2.05, 4.69) is 0 Å². The molecule has 1 aliphatic rings. The van der Waals surface area contributed by atoms with Crippen LogP contribution in [-0.4, -0.2) is 10.6 Å². The topological polar surface area (TPSA) is 55.7 Å². The van der Waals surface area contributed by atoms with E-state index in [4.69, 9.17) is 27.9 Å². The zero-order chi connectivity index (χ0) is 11.2. The molecule has 0 spiro atoms. The Morgan fingerprint density at radius 3 is 2.73 bits per heavy atom. The summed E-state index contributed by atoms with van der Waals surface area (Å²) in [7, 11) is 0. The van der Waals surface area contributed by atoms with Crippen LogP contribution in [0.1, 0.15) is 18.6 Å². The second-order valence-corrected chi connectivity index (χ2v) is 4.24. The number of benzene rings is 1. The lowest BCUT2D eigenvalue weighted by atomic mass is 10.1. The molecule has 1 fully saturated rings. The molecule has 0 bridgehead atoms. The smallest absolute Gasteiger partial charge is 0.294 e. The maximum Gasteiger partial charge on any atom is 0.353 e. The van der Waals surface area contributed by atoms with Crippen molar-refractivity contribution < 1.29 is 9.66 Å².